The molecule has 2 amide bonds. The molecular weight excluding hydrogens is 451 g/mol. The van der Waals surface area contributed by atoms with Crippen molar-refractivity contribution in [2.24, 2.45) is 5.73 Å². The standard InChI is InChI=1S/C21H17ClF3N3O4/c22-15-5-4-11(8-14(15)21(23,24)25)9-18(30)27-16-3-1-2-13-12(16)6-7-28(20(13)32)17(10-29)19(26)31/h1-8,17,29H,9-10H2,(H2,26,31)(H,27,30). The first-order chi connectivity index (χ1) is 15.0. The van der Waals surface area contributed by atoms with E-state index >= 15 is 0 Å². The molecule has 4 N–H and O–H groups in total. The first-order valence-corrected chi connectivity index (χ1v) is 9.60. The van der Waals surface area contributed by atoms with Gasteiger partial charge in [0.05, 0.1) is 23.6 Å². The second kappa shape index (κ2) is 9.01. The van der Waals surface area contributed by atoms with Crippen LogP contribution in [0.15, 0.2) is 53.5 Å². The number of alkyl halides is 3. The summed E-state index contributed by atoms with van der Waals surface area (Å²) < 4.78 is 40.1. The summed E-state index contributed by atoms with van der Waals surface area (Å²) in [7, 11) is 0. The maximum atomic E-state index is 13.0. The lowest BCUT2D eigenvalue weighted by atomic mass is 10.1. The van der Waals surface area contributed by atoms with Crippen LogP contribution in [0, 0.1) is 0 Å². The molecule has 0 radical (unpaired) electrons. The minimum atomic E-state index is -4.66. The van der Waals surface area contributed by atoms with Crippen molar-refractivity contribution in [3.05, 3.63) is 75.2 Å². The van der Waals surface area contributed by atoms with E-state index in [0.29, 0.717) is 5.39 Å². The monoisotopic (exact) mass is 467 g/mol. The van der Waals surface area contributed by atoms with Crippen molar-refractivity contribution in [2.45, 2.75) is 18.6 Å². The maximum absolute atomic E-state index is 13.0. The zero-order chi connectivity index (χ0) is 23.6. The molecule has 3 rings (SSSR count). The fraction of sp³-hybridized carbons (Fsp3) is 0.190. The van der Waals surface area contributed by atoms with Crippen LogP contribution in [0.5, 0.6) is 0 Å². The van der Waals surface area contributed by atoms with Gasteiger partial charge in [-0.1, -0.05) is 23.7 Å². The zero-order valence-electron chi connectivity index (χ0n) is 16.3. The number of carbonyl (C=O) groups excluding carboxylic acids is 2. The molecule has 1 atom stereocenters. The molecule has 1 unspecified atom stereocenters. The van der Waals surface area contributed by atoms with Crippen molar-refractivity contribution in [3.63, 3.8) is 0 Å². The molecular formula is C21H17ClF3N3O4. The lowest BCUT2D eigenvalue weighted by Crippen LogP contribution is -2.35. The Labute approximate surface area is 184 Å². The van der Waals surface area contributed by atoms with Crippen LogP contribution < -0.4 is 16.6 Å². The average Bonchev–Trinajstić information content (AvgIpc) is 2.71. The van der Waals surface area contributed by atoms with Gasteiger partial charge in [-0.25, -0.2) is 0 Å². The van der Waals surface area contributed by atoms with Gasteiger partial charge in [-0.2, -0.15) is 13.2 Å². The summed E-state index contributed by atoms with van der Waals surface area (Å²) >= 11 is 5.60. The van der Waals surface area contributed by atoms with Crippen molar-refractivity contribution in [2.75, 3.05) is 11.9 Å². The number of fused-ring (bicyclic) bond motifs is 1. The summed E-state index contributed by atoms with van der Waals surface area (Å²) in [6.45, 7) is -0.668. The minimum Gasteiger partial charge on any atom is -0.394 e. The highest BCUT2D eigenvalue weighted by Gasteiger charge is 2.33. The Balaban J connectivity index is 1.90. The molecule has 1 aromatic heterocycles. The van der Waals surface area contributed by atoms with Gasteiger partial charge in [0, 0.05) is 22.7 Å². The van der Waals surface area contributed by atoms with Crippen molar-refractivity contribution in [1.29, 1.82) is 0 Å². The molecule has 0 fully saturated rings. The quantitative estimate of drug-likeness (QED) is 0.517. The number of primary amides is 1. The number of halogens is 4. The highest BCUT2D eigenvalue weighted by atomic mass is 35.5. The number of rotatable bonds is 6. The summed E-state index contributed by atoms with van der Waals surface area (Å²) in [5.74, 6) is -1.50. The third kappa shape index (κ3) is 4.76. The van der Waals surface area contributed by atoms with E-state index in [4.69, 9.17) is 17.3 Å². The fourth-order valence-corrected chi connectivity index (χ4v) is 3.47. The number of nitrogens with zero attached hydrogens (tertiary/aromatic N) is 1. The molecule has 3 aromatic rings. The number of aliphatic hydroxyl groups is 1. The Hall–Kier alpha value is -3.37. The van der Waals surface area contributed by atoms with E-state index in [9.17, 15) is 32.7 Å². The Morgan fingerprint density at radius 1 is 1.16 bits per heavy atom. The van der Waals surface area contributed by atoms with Crippen LogP contribution >= 0.6 is 11.6 Å². The van der Waals surface area contributed by atoms with E-state index in [-0.39, 0.29) is 23.1 Å². The highest BCUT2D eigenvalue weighted by Crippen LogP contribution is 2.35. The normalized spacial score (nSPS) is 12.5. The van der Waals surface area contributed by atoms with Crippen LogP contribution in [0.25, 0.3) is 10.8 Å². The van der Waals surface area contributed by atoms with Crippen LogP contribution in [0.1, 0.15) is 17.2 Å². The number of anilines is 1. The van der Waals surface area contributed by atoms with E-state index in [1.54, 1.807) is 0 Å². The lowest BCUT2D eigenvalue weighted by Gasteiger charge is -2.16. The van der Waals surface area contributed by atoms with E-state index < -0.39 is 46.8 Å². The zero-order valence-corrected chi connectivity index (χ0v) is 17.1. The fourth-order valence-electron chi connectivity index (χ4n) is 3.24. The SMILES string of the molecule is NC(=O)C(CO)n1ccc2c(NC(=O)Cc3ccc(Cl)c(C(F)(F)F)c3)cccc2c1=O. The minimum absolute atomic E-state index is 0.106. The van der Waals surface area contributed by atoms with Crippen LogP contribution in [0.3, 0.4) is 0 Å². The third-order valence-electron chi connectivity index (χ3n) is 4.78. The lowest BCUT2D eigenvalue weighted by molar-refractivity contribution is -0.137. The summed E-state index contributed by atoms with van der Waals surface area (Å²) in [5.41, 5.74) is 3.92. The first kappa shape index (κ1) is 23.3. The van der Waals surface area contributed by atoms with E-state index in [1.807, 2.05) is 0 Å². The van der Waals surface area contributed by atoms with Gasteiger partial charge >= 0.3 is 6.18 Å². The second-order valence-corrected chi connectivity index (χ2v) is 7.34. The number of aromatic nitrogens is 1. The van der Waals surface area contributed by atoms with E-state index in [0.717, 1.165) is 16.7 Å². The van der Waals surface area contributed by atoms with Crippen LogP contribution in [0.2, 0.25) is 5.02 Å². The van der Waals surface area contributed by atoms with Gasteiger partial charge in [0.15, 0.2) is 0 Å². The smallest absolute Gasteiger partial charge is 0.394 e. The molecule has 0 spiro atoms. The number of carbonyl (C=O) groups is 2. The predicted octanol–water partition coefficient (Wildman–Crippen LogP) is 2.87. The van der Waals surface area contributed by atoms with Gasteiger partial charge in [-0.05, 0) is 35.9 Å². The third-order valence-corrected chi connectivity index (χ3v) is 5.11. The summed E-state index contributed by atoms with van der Waals surface area (Å²) in [6.07, 6.45) is -3.75. The highest BCUT2D eigenvalue weighted by molar-refractivity contribution is 6.31. The topological polar surface area (TPSA) is 114 Å². The Morgan fingerprint density at radius 2 is 1.88 bits per heavy atom. The van der Waals surface area contributed by atoms with Crippen LogP contribution in [0.4, 0.5) is 18.9 Å². The predicted molar refractivity (Wildman–Crippen MR) is 112 cm³/mol. The van der Waals surface area contributed by atoms with Crippen molar-refractivity contribution in [1.82, 2.24) is 4.57 Å². The average molecular weight is 468 g/mol. The molecule has 11 heteroatoms. The van der Waals surface area contributed by atoms with Gasteiger partial charge in [0.1, 0.15) is 6.04 Å². The van der Waals surface area contributed by atoms with Gasteiger partial charge in [-0.15, -0.1) is 0 Å². The Kier molecular flexibility index (Phi) is 6.56. The molecule has 7 nitrogen and oxygen atoms in total. The molecule has 0 saturated carbocycles. The number of nitrogens with one attached hydrogen (secondary N) is 1. The van der Waals surface area contributed by atoms with Gasteiger partial charge in [0.2, 0.25) is 11.8 Å². The number of nitrogens with two attached hydrogens (primary N) is 1. The van der Waals surface area contributed by atoms with E-state index in [2.05, 4.69) is 5.32 Å². The van der Waals surface area contributed by atoms with Gasteiger partial charge in [-0.3, -0.25) is 14.4 Å². The number of amides is 2. The van der Waals surface area contributed by atoms with Gasteiger partial charge in [0.25, 0.3) is 5.56 Å². The first-order valence-electron chi connectivity index (χ1n) is 9.22. The second-order valence-electron chi connectivity index (χ2n) is 6.93. The van der Waals surface area contributed by atoms with Crippen molar-refractivity contribution < 1.29 is 27.9 Å². The molecule has 32 heavy (non-hydrogen) atoms. The van der Waals surface area contributed by atoms with E-state index in [1.165, 1.54) is 36.5 Å². The number of pyridine rings is 1. The molecule has 0 aliphatic carbocycles. The molecule has 0 saturated heterocycles. The molecule has 1 heterocycles. The Morgan fingerprint density at radius 3 is 2.50 bits per heavy atom. The molecule has 0 bridgehead atoms. The number of benzene rings is 2. The van der Waals surface area contributed by atoms with Crippen LogP contribution in [-0.4, -0.2) is 28.1 Å². The molecule has 168 valence electrons. The maximum Gasteiger partial charge on any atom is 0.417 e. The Bertz CT molecular complexity index is 1260. The van der Waals surface area contributed by atoms with Crippen molar-refractivity contribution >= 4 is 39.9 Å². The van der Waals surface area contributed by atoms with Gasteiger partial charge < -0.3 is 20.7 Å². The van der Waals surface area contributed by atoms with Crippen LogP contribution in [-0.2, 0) is 22.2 Å². The largest absolute Gasteiger partial charge is 0.417 e. The molecule has 0 aliphatic heterocycles. The number of hydrogen-bond acceptors (Lipinski definition) is 4. The van der Waals surface area contributed by atoms with Crippen molar-refractivity contribution in [3.8, 4) is 0 Å². The summed E-state index contributed by atoms with van der Waals surface area (Å²) in [6, 6.07) is 7.88. The summed E-state index contributed by atoms with van der Waals surface area (Å²) in [5, 5.41) is 12.0. The number of aliphatic hydroxyl groups excluding tert-OH is 1. The molecule has 0 aliphatic rings. The summed E-state index contributed by atoms with van der Waals surface area (Å²) in [4.78, 5) is 36.7. The molecule has 2 aromatic carbocycles. The number of hydrogen-bond donors (Lipinski definition) is 3.